The largest absolute Gasteiger partial charge is 0.496 e. The van der Waals surface area contributed by atoms with Gasteiger partial charge in [0.1, 0.15) is 11.4 Å². The van der Waals surface area contributed by atoms with Crippen LogP contribution in [0.1, 0.15) is 35.8 Å². The van der Waals surface area contributed by atoms with Crippen LogP contribution in [0.15, 0.2) is 36.5 Å². The van der Waals surface area contributed by atoms with Crippen LogP contribution in [0.25, 0.3) is 0 Å². The average Bonchev–Trinajstić information content (AvgIpc) is 2.66. The van der Waals surface area contributed by atoms with Crippen molar-refractivity contribution in [3.8, 4) is 5.75 Å². The van der Waals surface area contributed by atoms with Gasteiger partial charge in [0, 0.05) is 31.4 Å². The number of ether oxygens (including phenoxy) is 1. The normalized spacial score (nSPS) is 17.2. The van der Waals surface area contributed by atoms with Crippen LogP contribution in [0.3, 0.4) is 0 Å². The molecule has 0 saturated carbocycles. The molecule has 132 valence electrons. The molecule has 6 heteroatoms. The van der Waals surface area contributed by atoms with Gasteiger partial charge >= 0.3 is 0 Å². The van der Waals surface area contributed by atoms with Gasteiger partial charge in [-0.1, -0.05) is 25.1 Å². The van der Waals surface area contributed by atoms with Crippen molar-refractivity contribution in [2.45, 2.75) is 26.3 Å². The number of para-hydroxylation sites is 1. The Morgan fingerprint density at radius 3 is 3.00 bits per heavy atom. The van der Waals surface area contributed by atoms with Gasteiger partial charge < -0.3 is 15.0 Å². The Morgan fingerprint density at radius 1 is 1.36 bits per heavy atom. The van der Waals surface area contributed by atoms with E-state index < -0.39 is 0 Å². The van der Waals surface area contributed by atoms with Gasteiger partial charge in [-0.25, -0.2) is 9.97 Å². The van der Waals surface area contributed by atoms with E-state index in [4.69, 9.17) is 4.74 Å². The standard InChI is InChI=1S/C19H24N4O2/c1-14-6-5-11-23(13-14)19-20-10-9-16(22-19)18(24)21-12-15-7-3-4-8-17(15)25-2/h3-4,7-10,14H,5-6,11-13H2,1-2H3,(H,21,24). The van der Waals surface area contributed by atoms with Crippen LogP contribution < -0.4 is 15.0 Å². The number of rotatable bonds is 5. The molecular weight excluding hydrogens is 316 g/mol. The van der Waals surface area contributed by atoms with Gasteiger partial charge in [0.05, 0.1) is 7.11 Å². The van der Waals surface area contributed by atoms with Crippen LogP contribution in [0.4, 0.5) is 5.95 Å². The second kappa shape index (κ2) is 7.96. The van der Waals surface area contributed by atoms with E-state index in [1.54, 1.807) is 19.4 Å². The molecule has 1 aliphatic heterocycles. The number of hydrogen-bond donors (Lipinski definition) is 1. The minimum atomic E-state index is -0.209. The number of carbonyl (C=O) groups excluding carboxylic acids is 1. The maximum atomic E-state index is 12.5. The Hall–Kier alpha value is -2.63. The fraction of sp³-hybridized carbons (Fsp3) is 0.421. The lowest BCUT2D eigenvalue weighted by Crippen LogP contribution is -2.36. The molecule has 0 aliphatic carbocycles. The minimum absolute atomic E-state index is 0.209. The molecule has 1 atom stereocenters. The zero-order valence-corrected chi connectivity index (χ0v) is 14.7. The van der Waals surface area contributed by atoms with Gasteiger partial charge in [0.2, 0.25) is 5.95 Å². The topological polar surface area (TPSA) is 67.3 Å². The van der Waals surface area contributed by atoms with E-state index in [-0.39, 0.29) is 5.91 Å². The Kier molecular flexibility index (Phi) is 5.48. The van der Waals surface area contributed by atoms with Gasteiger partial charge in [-0.15, -0.1) is 0 Å². The van der Waals surface area contributed by atoms with Gasteiger partial charge in [-0.3, -0.25) is 4.79 Å². The molecule has 0 bridgehead atoms. The predicted octanol–water partition coefficient (Wildman–Crippen LogP) is 2.65. The van der Waals surface area contributed by atoms with Crippen LogP contribution in [0, 0.1) is 5.92 Å². The zero-order valence-electron chi connectivity index (χ0n) is 14.7. The van der Waals surface area contributed by atoms with Crippen molar-refractivity contribution in [3.05, 3.63) is 47.8 Å². The van der Waals surface area contributed by atoms with Crippen molar-refractivity contribution < 1.29 is 9.53 Å². The zero-order chi connectivity index (χ0) is 17.6. The quantitative estimate of drug-likeness (QED) is 0.906. The van der Waals surface area contributed by atoms with Crippen molar-refractivity contribution >= 4 is 11.9 Å². The highest BCUT2D eigenvalue weighted by Crippen LogP contribution is 2.20. The summed E-state index contributed by atoms with van der Waals surface area (Å²) in [6, 6.07) is 9.28. The Morgan fingerprint density at radius 2 is 2.20 bits per heavy atom. The molecule has 25 heavy (non-hydrogen) atoms. The molecule has 0 radical (unpaired) electrons. The summed E-state index contributed by atoms with van der Waals surface area (Å²) in [5, 5.41) is 2.90. The van der Waals surface area contributed by atoms with Crippen molar-refractivity contribution in [1.82, 2.24) is 15.3 Å². The molecule has 1 N–H and O–H groups in total. The summed E-state index contributed by atoms with van der Waals surface area (Å²) in [7, 11) is 1.62. The van der Waals surface area contributed by atoms with E-state index >= 15 is 0 Å². The van der Waals surface area contributed by atoms with Gasteiger partial charge in [-0.05, 0) is 30.9 Å². The molecule has 3 rings (SSSR count). The average molecular weight is 340 g/mol. The molecule has 1 aromatic heterocycles. The van der Waals surface area contributed by atoms with E-state index in [1.165, 1.54) is 6.42 Å². The van der Waals surface area contributed by atoms with Gasteiger partial charge in [-0.2, -0.15) is 0 Å². The summed E-state index contributed by atoms with van der Waals surface area (Å²) < 4.78 is 5.31. The second-order valence-electron chi connectivity index (χ2n) is 6.43. The number of piperidine rings is 1. The maximum Gasteiger partial charge on any atom is 0.270 e. The lowest BCUT2D eigenvalue weighted by atomic mass is 10.0. The maximum absolute atomic E-state index is 12.5. The molecule has 6 nitrogen and oxygen atoms in total. The van der Waals surface area contributed by atoms with Crippen molar-refractivity contribution in [2.24, 2.45) is 5.92 Å². The van der Waals surface area contributed by atoms with Crippen LogP contribution in [0.5, 0.6) is 5.75 Å². The van der Waals surface area contributed by atoms with Gasteiger partial charge in [0.25, 0.3) is 5.91 Å². The molecule has 1 aromatic carbocycles. The number of hydrogen-bond acceptors (Lipinski definition) is 5. The lowest BCUT2D eigenvalue weighted by Gasteiger charge is -2.30. The first-order valence-corrected chi connectivity index (χ1v) is 8.65. The number of carbonyl (C=O) groups is 1. The molecular formula is C19H24N4O2. The smallest absolute Gasteiger partial charge is 0.270 e. The first-order chi connectivity index (χ1) is 12.2. The predicted molar refractivity (Wildman–Crippen MR) is 96.8 cm³/mol. The summed E-state index contributed by atoms with van der Waals surface area (Å²) in [6.45, 7) is 4.50. The van der Waals surface area contributed by atoms with Crippen molar-refractivity contribution in [3.63, 3.8) is 0 Å². The highest BCUT2D eigenvalue weighted by molar-refractivity contribution is 5.92. The number of amides is 1. The summed E-state index contributed by atoms with van der Waals surface area (Å²) in [4.78, 5) is 23.4. The molecule has 1 amide bonds. The Balaban J connectivity index is 1.67. The fourth-order valence-electron chi connectivity index (χ4n) is 3.11. The molecule has 0 spiro atoms. The number of nitrogens with zero attached hydrogens (tertiary/aromatic N) is 3. The molecule has 1 fully saturated rings. The Bertz CT molecular complexity index is 735. The van der Waals surface area contributed by atoms with E-state index in [0.717, 1.165) is 30.8 Å². The third-order valence-electron chi connectivity index (χ3n) is 4.45. The van der Waals surface area contributed by atoms with Crippen LogP contribution in [0.2, 0.25) is 0 Å². The summed E-state index contributed by atoms with van der Waals surface area (Å²) in [6.07, 6.45) is 4.02. The van der Waals surface area contributed by atoms with Crippen LogP contribution in [-0.2, 0) is 6.54 Å². The SMILES string of the molecule is COc1ccccc1CNC(=O)c1ccnc(N2CCCC(C)C2)n1. The highest BCUT2D eigenvalue weighted by Gasteiger charge is 2.19. The molecule has 1 aliphatic rings. The monoisotopic (exact) mass is 340 g/mol. The molecule has 2 aromatic rings. The van der Waals surface area contributed by atoms with E-state index in [9.17, 15) is 4.79 Å². The number of benzene rings is 1. The van der Waals surface area contributed by atoms with E-state index in [2.05, 4.69) is 27.1 Å². The highest BCUT2D eigenvalue weighted by atomic mass is 16.5. The number of anilines is 1. The lowest BCUT2D eigenvalue weighted by molar-refractivity contribution is 0.0945. The van der Waals surface area contributed by atoms with Crippen LogP contribution >= 0.6 is 0 Å². The third kappa shape index (κ3) is 4.26. The fourth-order valence-corrected chi connectivity index (χ4v) is 3.11. The van der Waals surface area contributed by atoms with E-state index in [1.807, 2.05) is 24.3 Å². The summed E-state index contributed by atoms with van der Waals surface area (Å²) in [5.74, 6) is 1.81. The second-order valence-corrected chi connectivity index (χ2v) is 6.43. The number of methoxy groups -OCH3 is 1. The minimum Gasteiger partial charge on any atom is -0.496 e. The van der Waals surface area contributed by atoms with Gasteiger partial charge in [0.15, 0.2) is 0 Å². The van der Waals surface area contributed by atoms with E-state index in [0.29, 0.717) is 24.1 Å². The summed E-state index contributed by atoms with van der Waals surface area (Å²) in [5.41, 5.74) is 1.32. The summed E-state index contributed by atoms with van der Waals surface area (Å²) >= 11 is 0. The third-order valence-corrected chi connectivity index (χ3v) is 4.45. The number of aromatic nitrogens is 2. The molecule has 1 unspecified atom stereocenters. The van der Waals surface area contributed by atoms with Crippen molar-refractivity contribution in [2.75, 3.05) is 25.1 Å². The molecule has 2 heterocycles. The first-order valence-electron chi connectivity index (χ1n) is 8.65. The van der Waals surface area contributed by atoms with Crippen LogP contribution in [-0.4, -0.2) is 36.1 Å². The molecule has 1 saturated heterocycles. The first kappa shape index (κ1) is 17.2. The number of nitrogens with one attached hydrogen (secondary N) is 1. The van der Waals surface area contributed by atoms with Crippen molar-refractivity contribution in [1.29, 1.82) is 0 Å². The Labute approximate surface area is 148 Å².